The van der Waals surface area contributed by atoms with Crippen LogP contribution in [0.15, 0.2) is 76.9 Å². The highest BCUT2D eigenvalue weighted by Crippen LogP contribution is 2.51. The van der Waals surface area contributed by atoms with Gasteiger partial charge in [0, 0.05) is 11.5 Å². The minimum absolute atomic E-state index is 0.0585. The van der Waals surface area contributed by atoms with Gasteiger partial charge in [0.2, 0.25) is 0 Å². The zero-order valence-corrected chi connectivity index (χ0v) is 18.2. The lowest BCUT2D eigenvalue weighted by molar-refractivity contribution is -0.136. The minimum atomic E-state index is -0.546. The summed E-state index contributed by atoms with van der Waals surface area (Å²) in [6.07, 6.45) is 1.84. The molecule has 156 valence electrons. The second-order valence-corrected chi connectivity index (χ2v) is 9.40. The van der Waals surface area contributed by atoms with Gasteiger partial charge in [0.25, 0.3) is 0 Å². The van der Waals surface area contributed by atoms with Crippen LogP contribution in [-0.2, 0) is 9.53 Å². The Hall–Kier alpha value is -2.65. The van der Waals surface area contributed by atoms with Crippen molar-refractivity contribution in [2.75, 3.05) is 7.11 Å². The summed E-state index contributed by atoms with van der Waals surface area (Å²) in [6.45, 7) is 6.44. The van der Waals surface area contributed by atoms with Gasteiger partial charge in [-0.1, -0.05) is 79.6 Å². The minimum Gasteiger partial charge on any atom is -0.466 e. The van der Waals surface area contributed by atoms with E-state index in [0.717, 1.165) is 40.7 Å². The molecule has 0 heterocycles. The second kappa shape index (κ2) is 7.88. The summed E-state index contributed by atoms with van der Waals surface area (Å²) in [6, 6.07) is 18.6. The van der Waals surface area contributed by atoms with Gasteiger partial charge in [-0.25, -0.2) is 4.79 Å². The highest BCUT2D eigenvalue weighted by molar-refractivity contribution is 5.93. The first-order valence-corrected chi connectivity index (χ1v) is 10.6. The maximum absolute atomic E-state index is 12.8. The quantitative estimate of drug-likeness (QED) is 0.521. The maximum Gasteiger partial charge on any atom is 0.334 e. The molecule has 2 aliphatic carbocycles. The van der Waals surface area contributed by atoms with Crippen LogP contribution in [0.3, 0.4) is 0 Å². The van der Waals surface area contributed by atoms with E-state index in [0.29, 0.717) is 12.0 Å². The van der Waals surface area contributed by atoms with Crippen molar-refractivity contribution < 1.29 is 14.6 Å². The fourth-order valence-corrected chi connectivity index (χ4v) is 5.25. The van der Waals surface area contributed by atoms with E-state index in [1.54, 1.807) is 0 Å². The average molecular weight is 403 g/mol. The second-order valence-electron chi connectivity index (χ2n) is 9.40. The third-order valence-electron chi connectivity index (χ3n) is 6.50. The van der Waals surface area contributed by atoms with Crippen LogP contribution in [0.1, 0.15) is 51.5 Å². The van der Waals surface area contributed by atoms with E-state index in [-0.39, 0.29) is 17.3 Å². The van der Waals surface area contributed by atoms with Crippen LogP contribution in [0, 0.1) is 5.41 Å². The Balaban J connectivity index is 1.81. The fourth-order valence-electron chi connectivity index (χ4n) is 5.25. The molecule has 3 nitrogen and oxygen atoms in total. The van der Waals surface area contributed by atoms with E-state index in [1.165, 1.54) is 12.7 Å². The van der Waals surface area contributed by atoms with Gasteiger partial charge in [-0.2, -0.15) is 0 Å². The van der Waals surface area contributed by atoms with Crippen molar-refractivity contribution >= 4 is 5.97 Å². The van der Waals surface area contributed by atoms with Gasteiger partial charge in [0.1, 0.15) is 0 Å². The zero-order valence-electron chi connectivity index (χ0n) is 18.2. The molecule has 2 unspecified atom stereocenters. The first-order chi connectivity index (χ1) is 14.3. The van der Waals surface area contributed by atoms with Crippen LogP contribution < -0.4 is 0 Å². The summed E-state index contributed by atoms with van der Waals surface area (Å²) in [5, 5.41) is 11.1. The van der Waals surface area contributed by atoms with Gasteiger partial charge in [0.15, 0.2) is 0 Å². The van der Waals surface area contributed by atoms with Crippen LogP contribution in [0.2, 0.25) is 0 Å². The molecule has 2 aromatic rings. The normalized spacial score (nSPS) is 23.2. The summed E-state index contributed by atoms with van der Waals surface area (Å²) in [7, 11) is 1.43. The van der Waals surface area contributed by atoms with Crippen LogP contribution in [0.5, 0.6) is 0 Å². The number of allylic oxidation sites excluding steroid dienone is 2. The topological polar surface area (TPSA) is 46.5 Å². The number of aliphatic hydroxyl groups excluding tert-OH is 1. The number of hydrogen-bond acceptors (Lipinski definition) is 3. The molecular formula is C27H30O3. The van der Waals surface area contributed by atoms with Crippen LogP contribution >= 0.6 is 0 Å². The van der Waals surface area contributed by atoms with Gasteiger partial charge >= 0.3 is 5.97 Å². The fraction of sp³-hybridized carbons (Fsp3) is 0.370. The molecule has 0 aliphatic heterocycles. The van der Waals surface area contributed by atoms with E-state index >= 15 is 0 Å². The predicted octanol–water partition coefficient (Wildman–Crippen LogP) is 5.81. The molecule has 2 aromatic carbocycles. The van der Waals surface area contributed by atoms with E-state index in [9.17, 15) is 9.90 Å². The molecule has 0 bridgehead atoms. The molecule has 30 heavy (non-hydrogen) atoms. The van der Waals surface area contributed by atoms with Gasteiger partial charge in [-0.05, 0) is 53.9 Å². The van der Waals surface area contributed by atoms with Gasteiger partial charge in [-0.15, -0.1) is 0 Å². The average Bonchev–Trinajstić information content (AvgIpc) is 2.72. The number of aliphatic hydroxyl groups is 1. The molecule has 4 rings (SSSR count). The van der Waals surface area contributed by atoms with Crippen LogP contribution in [0.4, 0.5) is 0 Å². The zero-order chi connectivity index (χ0) is 21.5. The number of methoxy groups -OCH3 is 1. The third kappa shape index (κ3) is 3.75. The van der Waals surface area contributed by atoms with Crippen molar-refractivity contribution in [3.63, 3.8) is 0 Å². The number of hydrogen-bond donors (Lipinski definition) is 1. The molecule has 0 radical (unpaired) electrons. The highest BCUT2D eigenvalue weighted by atomic mass is 16.5. The van der Waals surface area contributed by atoms with E-state index < -0.39 is 6.10 Å². The Kier molecular flexibility index (Phi) is 5.42. The van der Waals surface area contributed by atoms with Crippen molar-refractivity contribution in [1.29, 1.82) is 0 Å². The molecule has 1 N–H and O–H groups in total. The Labute approximate surface area is 179 Å². The van der Waals surface area contributed by atoms with Crippen LogP contribution in [-0.4, -0.2) is 24.3 Å². The smallest absolute Gasteiger partial charge is 0.334 e. The molecule has 0 saturated heterocycles. The maximum atomic E-state index is 12.8. The number of carbonyl (C=O) groups is 1. The number of carbonyl (C=O) groups excluding carboxylic acids is 1. The van der Waals surface area contributed by atoms with Gasteiger partial charge in [0.05, 0.1) is 13.2 Å². The molecule has 2 aliphatic rings. The summed E-state index contributed by atoms with van der Waals surface area (Å²) >= 11 is 0. The number of ether oxygens (including phenoxy) is 1. The predicted molar refractivity (Wildman–Crippen MR) is 120 cm³/mol. The van der Waals surface area contributed by atoms with E-state index in [4.69, 9.17) is 4.74 Å². The number of benzene rings is 2. The lowest BCUT2D eigenvalue weighted by Crippen LogP contribution is -2.35. The molecule has 2 atom stereocenters. The molecule has 0 spiro atoms. The van der Waals surface area contributed by atoms with Crippen molar-refractivity contribution in [2.45, 2.75) is 52.1 Å². The van der Waals surface area contributed by atoms with Crippen molar-refractivity contribution in [3.05, 3.63) is 82.5 Å². The summed E-state index contributed by atoms with van der Waals surface area (Å²) in [5.41, 5.74) is 7.39. The monoisotopic (exact) mass is 402 g/mol. The van der Waals surface area contributed by atoms with E-state index in [1.807, 2.05) is 25.1 Å². The summed E-state index contributed by atoms with van der Waals surface area (Å²) in [4.78, 5) is 12.8. The Morgan fingerprint density at radius 3 is 2.30 bits per heavy atom. The summed E-state index contributed by atoms with van der Waals surface area (Å²) < 4.78 is 5.16. The Bertz CT molecular complexity index is 1010. The molecule has 0 amide bonds. The van der Waals surface area contributed by atoms with E-state index in [2.05, 4.69) is 50.2 Å². The lowest BCUT2D eigenvalue weighted by Gasteiger charge is -2.42. The standard InChI is InChI=1S/C27H30O3/c1-17-14-21-15-27(2,3)16-22(28)24(21)25(23(17)26(29)30-4)20-12-10-19(11-13-20)18-8-6-5-7-9-18/h5-13,22,25,28H,14-16H2,1-4H3. The number of rotatable bonds is 3. The van der Waals surface area contributed by atoms with Gasteiger partial charge in [-0.3, -0.25) is 0 Å². The highest BCUT2D eigenvalue weighted by Gasteiger charge is 2.42. The molecule has 0 fully saturated rings. The number of esters is 1. The summed E-state index contributed by atoms with van der Waals surface area (Å²) in [5.74, 6) is -0.551. The Morgan fingerprint density at radius 2 is 1.67 bits per heavy atom. The van der Waals surface area contributed by atoms with Gasteiger partial charge < -0.3 is 9.84 Å². The third-order valence-corrected chi connectivity index (χ3v) is 6.50. The molecule has 0 saturated carbocycles. The van der Waals surface area contributed by atoms with Crippen molar-refractivity contribution in [3.8, 4) is 11.1 Å². The first kappa shape index (κ1) is 20.6. The van der Waals surface area contributed by atoms with Crippen molar-refractivity contribution in [1.82, 2.24) is 0 Å². The largest absolute Gasteiger partial charge is 0.466 e. The lowest BCUT2D eigenvalue weighted by atomic mass is 9.63. The van der Waals surface area contributed by atoms with Crippen molar-refractivity contribution in [2.24, 2.45) is 5.41 Å². The van der Waals surface area contributed by atoms with Crippen LogP contribution in [0.25, 0.3) is 11.1 Å². The molecule has 0 aromatic heterocycles. The molecule has 3 heteroatoms. The SMILES string of the molecule is COC(=O)C1=C(C)CC2=C(C(O)CC(C)(C)C2)C1c1ccc(-c2ccccc2)cc1. The first-order valence-electron chi connectivity index (χ1n) is 10.6. The Morgan fingerprint density at radius 1 is 1.03 bits per heavy atom. The molecular weight excluding hydrogens is 372 g/mol.